The van der Waals surface area contributed by atoms with Crippen molar-refractivity contribution < 1.29 is 14.3 Å². The maximum Gasteiger partial charge on any atom is 0.337 e. The van der Waals surface area contributed by atoms with Crippen molar-refractivity contribution in [3.05, 3.63) is 82.9 Å². The third kappa shape index (κ3) is 4.56. The van der Waals surface area contributed by atoms with Gasteiger partial charge < -0.3 is 24.3 Å². The molecule has 3 aromatic rings. The lowest BCUT2D eigenvalue weighted by molar-refractivity contribution is 0.0600. The average molecular weight is 479 g/mol. The van der Waals surface area contributed by atoms with Crippen molar-refractivity contribution in [1.82, 2.24) is 19.8 Å². The number of nitrogens with zero attached hydrogens (tertiary/aromatic N) is 3. The number of benzene rings is 1. The highest BCUT2D eigenvalue weighted by atomic mass is 32.1. The summed E-state index contributed by atoms with van der Waals surface area (Å²) in [5.74, 6) is -0.344. The molecule has 1 aromatic carbocycles. The van der Waals surface area contributed by atoms with Crippen molar-refractivity contribution in [1.29, 1.82) is 0 Å². The van der Waals surface area contributed by atoms with Gasteiger partial charge in [-0.05, 0) is 80.5 Å². The maximum atomic E-state index is 11.9. The number of pyridine rings is 1. The smallest absolute Gasteiger partial charge is 0.337 e. The topological polar surface area (TPSA) is 68.6 Å². The fourth-order valence-corrected chi connectivity index (χ4v) is 5.04. The lowest BCUT2D eigenvalue weighted by Gasteiger charge is -2.28. The predicted molar refractivity (Wildman–Crippen MR) is 135 cm³/mol. The molecule has 0 unspecified atom stereocenters. The van der Waals surface area contributed by atoms with Crippen molar-refractivity contribution >= 4 is 23.3 Å². The summed E-state index contributed by atoms with van der Waals surface area (Å²) in [6.07, 6.45) is 2.69. The van der Waals surface area contributed by atoms with E-state index in [1.165, 1.54) is 12.7 Å². The molecule has 1 N–H and O–H groups in total. The van der Waals surface area contributed by atoms with E-state index < -0.39 is 0 Å². The molecular formula is C26H30N4O3S. The van der Waals surface area contributed by atoms with Crippen LogP contribution in [0.1, 0.15) is 51.5 Å². The first-order valence-electron chi connectivity index (χ1n) is 11.3. The van der Waals surface area contributed by atoms with Gasteiger partial charge in [-0.2, -0.15) is 0 Å². The van der Waals surface area contributed by atoms with Crippen LogP contribution < -0.4 is 5.32 Å². The Balaban J connectivity index is 1.75. The molecular weight excluding hydrogens is 448 g/mol. The van der Waals surface area contributed by atoms with Gasteiger partial charge in [0.2, 0.25) is 0 Å². The molecule has 0 aliphatic carbocycles. The van der Waals surface area contributed by atoms with Crippen LogP contribution in [0.25, 0.3) is 5.69 Å². The van der Waals surface area contributed by atoms with Crippen LogP contribution in [0.2, 0.25) is 0 Å². The summed E-state index contributed by atoms with van der Waals surface area (Å²) < 4.78 is 12.3. The SMILES string of the molecule is COCCCN1C(=S)N[C@H](c2ccccn2)[C@@H]1c1cc(C)n(-c2ccc(C(=O)OC)cc2)c1C. The largest absolute Gasteiger partial charge is 0.465 e. The van der Waals surface area contributed by atoms with E-state index in [1.807, 2.05) is 36.5 Å². The summed E-state index contributed by atoms with van der Waals surface area (Å²) in [5, 5.41) is 4.24. The Morgan fingerprint density at radius 3 is 2.56 bits per heavy atom. The van der Waals surface area contributed by atoms with E-state index in [-0.39, 0.29) is 18.1 Å². The fraction of sp³-hybridized carbons (Fsp3) is 0.346. The highest BCUT2D eigenvalue weighted by molar-refractivity contribution is 7.80. The minimum Gasteiger partial charge on any atom is -0.465 e. The van der Waals surface area contributed by atoms with Crippen molar-refractivity contribution in [2.75, 3.05) is 27.4 Å². The molecule has 2 aromatic heterocycles. The van der Waals surface area contributed by atoms with Crippen molar-refractivity contribution in [3.63, 3.8) is 0 Å². The molecule has 0 amide bonds. The van der Waals surface area contributed by atoms with Gasteiger partial charge in [0.05, 0.1) is 30.5 Å². The van der Waals surface area contributed by atoms with Crippen LogP contribution in [0.15, 0.2) is 54.7 Å². The number of hydrogen-bond donors (Lipinski definition) is 1. The molecule has 1 aliphatic heterocycles. The van der Waals surface area contributed by atoms with Crippen LogP contribution in [0, 0.1) is 13.8 Å². The summed E-state index contributed by atoms with van der Waals surface area (Å²) in [6.45, 7) is 5.67. The van der Waals surface area contributed by atoms with E-state index in [1.54, 1.807) is 19.2 Å². The highest BCUT2D eigenvalue weighted by Gasteiger charge is 2.41. The van der Waals surface area contributed by atoms with Crippen LogP contribution >= 0.6 is 12.2 Å². The molecule has 3 heterocycles. The van der Waals surface area contributed by atoms with Crippen molar-refractivity contribution in [2.24, 2.45) is 0 Å². The first-order chi connectivity index (χ1) is 16.5. The number of hydrogen-bond acceptors (Lipinski definition) is 5. The van der Waals surface area contributed by atoms with E-state index in [0.717, 1.165) is 40.8 Å². The predicted octanol–water partition coefficient (Wildman–Crippen LogP) is 4.28. The van der Waals surface area contributed by atoms with E-state index in [2.05, 4.69) is 39.7 Å². The molecule has 34 heavy (non-hydrogen) atoms. The van der Waals surface area contributed by atoms with Gasteiger partial charge in [-0.15, -0.1) is 0 Å². The van der Waals surface area contributed by atoms with Crippen LogP contribution in [0.4, 0.5) is 0 Å². The average Bonchev–Trinajstić information content (AvgIpc) is 3.34. The van der Waals surface area contributed by atoms with Crippen LogP contribution in [0.3, 0.4) is 0 Å². The van der Waals surface area contributed by atoms with Crippen LogP contribution in [-0.4, -0.2) is 52.9 Å². The van der Waals surface area contributed by atoms with Crippen molar-refractivity contribution in [3.8, 4) is 5.69 Å². The molecule has 4 rings (SSSR count). The maximum absolute atomic E-state index is 11.9. The zero-order chi connectivity index (χ0) is 24.2. The molecule has 1 saturated heterocycles. The van der Waals surface area contributed by atoms with Crippen LogP contribution in [0.5, 0.6) is 0 Å². The minimum atomic E-state index is -0.344. The molecule has 0 radical (unpaired) electrons. The summed E-state index contributed by atoms with van der Waals surface area (Å²) >= 11 is 5.77. The lowest BCUT2D eigenvalue weighted by Crippen LogP contribution is -2.31. The number of carbonyl (C=O) groups is 1. The number of aromatic nitrogens is 2. The summed E-state index contributed by atoms with van der Waals surface area (Å²) in [7, 11) is 3.10. The van der Waals surface area contributed by atoms with E-state index in [4.69, 9.17) is 21.7 Å². The molecule has 1 aliphatic rings. The van der Waals surface area contributed by atoms with Gasteiger partial charge in [0.1, 0.15) is 0 Å². The standard InChI is InChI=1S/C26H30N4O3S/c1-17-16-21(18(2)30(17)20-11-9-19(10-12-20)25(31)33-4)24-23(22-8-5-6-13-27-22)28-26(34)29(24)14-7-15-32-3/h5-6,8-13,16,23-24H,7,14-15H2,1-4H3,(H,28,34)/t23-,24+/m1/s1. The fourth-order valence-electron chi connectivity index (χ4n) is 4.71. The second-order valence-corrected chi connectivity index (χ2v) is 8.75. The molecule has 2 atom stereocenters. The third-order valence-electron chi connectivity index (χ3n) is 6.28. The number of rotatable bonds is 8. The summed E-state index contributed by atoms with van der Waals surface area (Å²) in [6, 6.07) is 15.6. The Labute approximate surface area is 205 Å². The number of thiocarbonyl (C=S) groups is 1. The normalized spacial score (nSPS) is 17.6. The Kier molecular flexibility index (Phi) is 7.29. The van der Waals surface area contributed by atoms with Gasteiger partial charge in [-0.3, -0.25) is 4.98 Å². The van der Waals surface area contributed by atoms with Gasteiger partial charge in [0.15, 0.2) is 5.11 Å². The number of ether oxygens (including phenoxy) is 2. The third-order valence-corrected chi connectivity index (χ3v) is 6.63. The first-order valence-corrected chi connectivity index (χ1v) is 11.7. The highest BCUT2D eigenvalue weighted by Crippen LogP contribution is 2.41. The van der Waals surface area contributed by atoms with Gasteiger partial charge in [0.25, 0.3) is 0 Å². The van der Waals surface area contributed by atoms with Gasteiger partial charge >= 0.3 is 5.97 Å². The Morgan fingerprint density at radius 2 is 1.91 bits per heavy atom. The minimum absolute atomic E-state index is 0.00597. The second-order valence-electron chi connectivity index (χ2n) is 8.37. The Hall–Kier alpha value is -3.23. The molecule has 0 bridgehead atoms. The van der Waals surface area contributed by atoms with Gasteiger partial charge in [-0.1, -0.05) is 6.07 Å². The zero-order valence-electron chi connectivity index (χ0n) is 19.9. The molecule has 8 heteroatoms. The molecule has 7 nitrogen and oxygen atoms in total. The number of methoxy groups -OCH3 is 2. The second kappa shape index (κ2) is 10.4. The number of carbonyl (C=O) groups excluding carboxylic acids is 1. The summed E-state index contributed by atoms with van der Waals surface area (Å²) in [5.41, 5.74) is 5.89. The van der Waals surface area contributed by atoms with Gasteiger partial charge in [0, 0.05) is 43.5 Å². The van der Waals surface area contributed by atoms with E-state index >= 15 is 0 Å². The van der Waals surface area contributed by atoms with Gasteiger partial charge in [-0.25, -0.2) is 4.79 Å². The quantitative estimate of drug-likeness (QED) is 0.294. The molecule has 1 fully saturated rings. The summed E-state index contributed by atoms with van der Waals surface area (Å²) in [4.78, 5) is 18.7. The molecule has 0 spiro atoms. The Bertz CT molecular complexity index is 1160. The number of nitrogens with one attached hydrogen (secondary N) is 1. The van der Waals surface area contributed by atoms with Crippen molar-refractivity contribution in [2.45, 2.75) is 32.4 Å². The monoisotopic (exact) mass is 478 g/mol. The Morgan fingerprint density at radius 1 is 1.15 bits per heavy atom. The van der Waals surface area contributed by atoms with E-state index in [9.17, 15) is 4.79 Å². The molecule has 178 valence electrons. The lowest BCUT2D eigenvalue weighted by atomic mass is 9.96. The zero-order valence-corrected chi connectivity index (χ0v) is 20.8. The van der Waals surface area contributed by atoms with Crippen LogP contribution in [-0.2, 0) is 9.47 Å². The number of aryl methyl sites for hydroxylation is 1. The molecule has 0 saturated carbocycles. The van der Waals surface area contributed by atoms with E-state index in [0.29, 0.717) is 12.2 Å². The first kappa shape index (κ1) is 23.9. The number of esters is 1.